The second-order valence-electron chi connectivity index (χ2n) is 6.87. The predicted octanol–water partition coefficient (Wildman–Crippen LogP) is 4.27. The Morgan fingerprint density at radius 3 is 2.73 bits per heavy atom. The molecule has 0 radical (unpaired) electrons. The summed E-state index contributed by atoms with van der Waals surface area (Å²) < 4.78 is 0. The van der Waals surface area contributed by atoms with Gasteiger partial charge in [-0.05, 0) is 54.3 Å². The Morgan fingerprint density at radius 1 is 1.27 bits per heavy atom. The summed E-state index contributed by atoms with van der Waals surface area (Å²) in [6.07, 6.45) is 5.80. The van der Waals surface area contributed by atoms with Gasteiger partial charge in [-0.1, -0.05) is 39.3 Å². The number of hydrogen-bond acceptors (Lipinski definition) is 0. The van der Waals surface area contributed by atoms with Gasteiger partial charge in [0, 0.05) is 0 Å². The molecule has 0 aromatic rings. The van der Waals surface area contributed by atoms with Gasteiger partial charge in [-0.3, -0.25) is 0 Å². The van der Waals surface area contributed by atoms with Crippen molar-refractivity contribution in [3.05, 3.63) is 12.2 Å². The molecule has 0 aliphatic heterocycles. The molecule has 0 heterocycles. The standard InChI is InChI=1S/C15H24/c1-9-8-11-6-5-7-12-14(15(12,3)4)13(11)10(9)2/h10-14H,1,5-8H2,2-4H3. The first-order valence-corrected chi connectivity index (χ1v) is 6.71. The molecule has 0 spiro atoms. The third-order valence-corrected chi connectivity index (χ3v) is 5.93. The second-order valence-corrected chi connectivity index (χ2v) is 6.87. The van der Waals surface area contributed by atoms with E-state index in [-0.39, 0.29) is 0 Å². The Kier molecular flexibility index (Phi) is 1.92. The fraction of sp³-hybridized carbons (Fsp3) is 0.867. The highest BCUT2D eigenvalue weighted by Crippen LogP contribution is 2.70. The zero-order valence-electron chi connectivity index (χ0n) is 10.4. The van der Waals surface area contributed by atoms with Crippen molar-refractivity contribution in [3.8, 4) is 0 Å². The Balaban J connectivity index is 1.91. The van der Waals surface area contributed by atoms with Gasteiger partial charge < -0.3 is 0 Å². The summed E-state index contributed by atoms with van der Waals surface area (Å²) in [5.74, 6) is 4.85. The summed E-state index contributed by atoms with van der Waals surface area (Å²) in [6, 6.07) is 0. The minimum absolute atomic E-state index is 0.655. The van der Waals surface area contributed by atoms with Crippen LogP contribution >= 0.6 is 0 Å². The highest BCUT2D eigenvalue weighted by molar-refractivity contribution is 5.19. The van der Waals surface area contributed by atoms with E-state index in [0.717, 1.165) is 29.6 Å². The quantitative estimate of drug-likeness (QED) is 0.517. The van der Waals surface area contributed by atoms with E-state index in [2.05, 4.69) is 27.4 Å². The fourth-order valence-electron chi connectivity index (χ4n) is 4.94. The maximum atomic E-state index is 4.29. The van der Waals surface area contributed by atoms with Crippen LogP contribution in [-0.4, -0.2) is 0 Å². The number of rotatable bonds is 0. The summed E-state index contributed by atoms with van der Waals surface area (Å²) in [5, 5.41) is 0. The monoisotopic (exact) mass is 204 g/mol. The molecule has 0 nitrogen and oxygen atoms in total. The molecule has 0 bridgehead atoms. The summed E-state index contributed by atoms with van der Waals surface area (Å²) in [5.41, 5.74) is 2.20. The molecule has 3 aliphatic carbocycles. The van der Waals surface area contributed by atoms with Crippen molar-refractivity contribution < 1.29 is 0 Å². The normalized spacial score (nSPS) is 51.9. The summed E-state index contributed by atoms with van der Waals surface area (Å²) in [4.78, 5) is 0. The Bertz CT molecular complexity index is 299. The van der Waals surface area contributed by atoms with Gasteiger partial charge in [0.2, 0.25) is 0 Å². The van der Waals surface area contributed by atoms with Crippen molar-refractivity contribution in [2.24, 2.45) is 35.0 Å². The molecule has 84 valence electrons. The van der Waals surface area contributed by atoms with Crippen LogP contribution in [0.3, 0.4) is 0 Å². The van der Waals surface area contributed by atoms with Gasteiger partial charge in [0.1, 0.15) is 0 Å². The van der Waals surface area contributed by atoms with Gasteiger partial charge in [-0.2, -0.15) is 0 Å². The lowest BCUT2D eigenvalue weighted by molar-refractivity contribution is 0.254. The molecular weight excluding hydrogens is 180 g/mol. The fourth-order valence-corrected chi connectivity index (χ4v) is 4.94. The third-order valence-electron chi connectivity index (χ3n) is 5.93. The molecule has 0 heteroatoms. The minimum Gasteiger partial charge on any atom is -0.0996 e. The van der Waals surface area contributed by atoms with E-state index < -0.39 is 0 Å². The Labute approximate surface area is 94.1 Å². The van der Waals surface area contributed by atoms with Crippen LogP contribution in [0.15, 0.2) is 12.2 Å². The van der Waals surface area contributed by atoms with E-state index in [1.54, 1.807) is 5.57 Å². The first kappa shape index (κ1) is 9.93. The largest absolute Gasteiger partial charge is 0.0996 e. The Morgan fingerprint density at radius 2 is 2.00 bits per heavy atom. The van der Waals surface area contributed by atoms with Crippen LogP contribution < -0.4 is 0 Å². The second kappa shape index (κ2) is 2.90. The molecule has 0 aromatic carbocycles. The maximum absolute atomic E-state index is 4.29. The molecule has 15 heavy (non-hydrogen) atoms. The summed E-state index contributed by atoms with van der Waals surface area (Å²) in [7, 11) is 0. The Hall–Kier alpha value is -0.260. The van der Waals surface area contributed by atoms with Crippen molar-refractivity contribution >= 4 is 0 Å². The van der Waals surface area contributed by atoms with E-state index in [0.29, 0.717) is 5.41 Å². The minimum atomic E-state index is 0.655. The van der Waals surface area contributed by atoms with Crippen molar-refractivity contribution in [2.75, 3.05) is 0 Å². The average molecular weight is 204 g/mol. The molecule has 3 aliphatic rings. The number of fused-ring (bicyclic) bond motifs is 3. The molecule has 5 unspecified atom stereocenters. The summed E-state index contributed by atoms with van der Waals surface area (Å²) >= 11 is 0. The van der Waals surface area contributed by atoms with Crippen molar-refractivity contribution in [1.82, 2.24) is 0 Å². The average Bonchev–Trinajstić information content (AvgIpc) is 2.66. The SMILES string of the molecule is C=C1CC2CCCC3C(C2C1C)C3(C)C. The van der Waals surface area contributed by atoms with E-state index in [1.807, 2.05) is 0 Å². The lowest BCUT2D eigenvalue weighted by atomic mass is 9.81. The zero-order valence-corrected chi connectivity index (χ0v) is 10.4. The highest BCUT2D eigenvalue weighted by atomic mass is 14.7. The predicted molar refractivity (Wildman–Crippen MR) is 64.5 cm³/mol. The van der Waals surface area contributed by atoms with Crippen LogP contribution in [0, 0.1) is 35.0 Å². The van der Waals surface area contributed by atoms with E-state index in [1.165, 1.54) is 25.7 Å². The van der Waals surface area contributed by atoms with E-state index in [9.17, 15) is 0 Å². The van der Waals surface area contributed by atoms with Crippen LogP contribution in [0.1, 0.15) is 46.5 Å². The number of hydrogen-bond donors (Lipinski definition) is 0. The topological polar surface area (TPSA) is 0 Å². The smallest absolute Gasteiger partial charge is 0.0200 e. The molecule has 0 amide bonds. The lowest BCUT2D eigenvalue weighted by Gasteiger charge is -2.23. The first-order valence-electron chi connectivity index (χ1n) is 6.71. The van der Waals surface area contributed by atoms with Gasteiger partial charge in [0.05, 0.1) is 0 Å². The molecule has 0 saturated heterocycles. The molecular formula is C15H24. The molecule has 3 fully saturated rings. The van der Waals surface area contributed by atoms with Gasteiger partial charge in [0.25, 0.3) is 0 Å². The maximum Gasteiger partial charge on any atom is -0.0200 e. The van der Waals surface area contributed by atoms with E-state index >= 15 is 0 Å². The van der Waals surface area contributed by atoms with Crippen molar-refractivity contribution in [3.63, 3.8) is 0 Å². The highest BCUT2D eigenvalue weighted by Gasteiger charge is 2.64. The molecule has 0 aromatic heterocycles. The molecule has 3 saturated carbocycles. The van der Waals surface area contributed by atoms with Crippen LogP contribution in [0.25, 0.3) is 0 Å². The van der Waals surface area contributed by atoms with Gasteiger partial charge in [-0.25, -0.2) is 0 Å². The molecule has 3 rings (SSSR count). The molecule has 0 N–H and O–H groups in total. The van der Waals surface area contributed by atoms with Gasteiger partial charge >= 0.3 is 0 Å². The lowest BCUT2D eigenvalue weighted by Crippen LogP contribution is -2.17. The zero-order chi connectivity index (χ0) is 10.8. The van der Waals surface area contributed by atoms with Gasteiger partial charge in [0.15, 0.2) is 0 Å². The third kappa shape index (κ3) is 1.20. The van der Waals surface area contributed by atoms with Crippen LogP contribution in [-0.2, 0) is 0 Å². The van der Waals surface area contributed by atoms with Crippen LogP contribution in [0.2, 0.25) is 0 Å². The van der Waals surface area contributed by atoms with Crippen molar-refractivity contribution in [2.45, 2.75) is 46.5 Å². The van der Waals surface area contributed by atoms with E-state index in [4.69, 9.17) is 0 Å². The first-order chi connectivity index (χ1) is 7.03. The number of allylic oxidation sites excluding steroid dienone is 1. The van der Waals surface area contributed by atoms with Crippen LogP contribution in [0.5, 0.6) is 0 Å². The summed E-state index contributed by atoms with van der Waals surface area (Å²) in [6.45, 7) is 11.7. The molecule has 5 atom stereocenters. The van der Waals surface area contributed by atoms with Crippen LogP contribution in [0.4, 0.5) is 0 Å². The van der Waals surface area contributed by atoms with Gasteiger partial charge in [-0.15, -0.1) is 0 Å². The van der Waals surface area contributed by atoms with Crippen molar-refractivity contribution in [1.29, 1.82) is 0 Å².